The second-order valence-corrected chi connectivity index (χ2v) is 9.31. The van der Waals surface area contributed by atoms with E-state index in [4.69, 9.17) is 9.26 Å². The zero-order valence-corrected chi connectivity index (χ0v) is 19.2. The van der Waals surface area contributed by atoms with E-state index in [0.29, 0.717) is 36.2 Å². The fraction of sp³-hybridized carbons (Fsp3) is 0.440. The van der Waals surface area contributed by atoms with E-state index in [-0.39, 0.29) is 5.97 Å². The Morgan fingerprint density at radius 1 is 1.13 bits per heavy atom. The van der Waals surface area contributed by atoms with E-state index in [2.05, 4.69) is 41.1 Å². The third kappa shape index (κ3) is 6.48. The van der Waals surface area contributed by atoms with Gasteiger partial charge in [-0.05, 0) is 69.2 Å². The van der Waals surface area contributed by atoms with Crippen LogP contribution < -0.4 is 0 Å². The van der Waals surface area contributed by atoms with Gasteiger partial charge in [-0.1, -0.05) is 43.3 Å². The SMILES string of the molecule is Cc1cc(CCC(=O)OC(C)(C)C)ccc1-c1noc(-c2ccc(CC(C)C)cn2)n1. The zero-order chi connectivity index (χ0) is 22.6. The van der Waals surface area contributed by atoms with Gasteiger partial charge in [0.05, 0.1) is 0 Å². The number of benzene rings is 1. The Morgan fingerprint density at radius 3 is 2.48 bits per heavy atom. The highest BCUT2D eigenvalue weighted by molar-refractivity contribution is 5.70. The molecule has 0 spiro atoms. The number of esters is 1. The Labute approximate surface area is 184 Å². The Hall–Kier alpha value is -3.02. The molecule has 6 heteroatoms. The quantitative estimate of drug-likeness (QED) is 0.463. The summed E-state index contributed by atoms with van der Waals surface area (Å²) in [4.78, 5) is 21.0. The van der Waals surface area contributed by atoms with Crippen LogP contribution in [-0.4, -0.2) is 26.7 Å². The molecule has 0 atom stereocenters. The van der Waals surface area contributed by atoms with Gasteiger partial charge in [0, 0.05) is 18.2 Å². The third-order valence-corrected chi connectivity index (χ3v) is 4.68. The molecule has 0 N–H and O–H groups in total. The van der Waals surface area contributed by atoms with Crippen molar-refractivity contribution in [2.75, 3.05) is 0 Å². The van der Waals surface area contributed by atoms with Gasteiger partial charge in [0.2, 0.25) is 5.82 Å². The second-order valence-electron chi connectivity index (χ2n) is 9.31. The minimum atomic E-state index is -0.462. The van der Waals surface area contributed by atoms with Gasteiger partial charge in [-0.15, -0.1) is 0 Å². The molecular weight excluding hydrogens is 390 g/mol. The molecule has 0 bridgehead atoms. The number of aryl methyl sites for hydroxylation is 2. The van der Waals surface area contributed by atoms with Crippen LogP contribution in [-0.2, 0) is 22.4 Å². The molecule has 0 amide bonds. The lowest BCUT2D eigenvalue weighted by Gasteiger charge is -2.19. The van der Waals surface area contributed by atoms with Crippen LogP contribution in [0, 0.1) is 12.8 Å². The van der Waals surface area contributed by atoms with Gasteiger partial charge in [0.1, 0.15) is 11.3 Å². The Bertz CT molecular complexity index is 1030. The number of pyridine rings is 1. The average Bonchev–Trinajstić information content (AvgIpc) is 3.15. The highest BCUT2D eigenvalue weighted by atomic mass is 16.6. The number of hydrogen-bond donors (Lipinski definition) is 0. The molecule has 0 saturated carbocycles. The van der Waals surface area contributed by atoms with Crippen molar-refractivity contribution < 1.29 is 14.1 Å². The van der Waals surface area contributed by atoms with E-state index in [9.17, 15) is 4.79 Å². The van der Waals surface area contributed by atoms with Crippen LogP contribution in [0.15, 0.2) is 41.1 Å². The van der Waals surface area contributed by atoms with E-state index in [1.807, 2.05) is 52.1 Å². The van der Waals surface area contributed by atoms with Crippen LogP contribution in [0.5, 0.6) is 0 Å². The van der Waals surface area contributed by atoms with E-state index in [1.165, 1.54) is 5.56 Å². The number of carbonyl (C=O) groups is 1. The standard InChI is InChI=1S/C25H31N3O3/c1-16(2)13-19-8-11-21(26-15-19)24-27-23(28-31-24)20-10-7-18(14-17(20)3)9-12-22(29)30-25(4,5)6/h7-8,10-11,14-16H,9,12-13H2,1-6H3. The number of aromatic nitrogens is 3. The summed E-state index contributed by atoms with van der Waals surface area (Å²) in [5, 5.41) is 4.14. The molecule has 31 heavy (non-hydrogen) atoms. The van der Waals surface area contributed by atoms with Gasteiger partial charge in [-0.25, -0.2) is 0 Å². The second kappa shape index (κ2) is 9.41. The molecule has 0 radical (unpaired) electrons. The fourth-order valence-corrected chi connectivity index (χ4v) is 3.35. The molecule has 0 saturated heterocycles. The average molecular weight is 422 g/mol. The zero-order valence-electron chi connectivity index (χ0n) is 19.2. The highest BCUT2D eigenvalue weighted by Crippen LogP contribution is 2.25. The molecule has 0 aliphatic carbocycles. The maximum absolute atomic E-state index is 12.0. The smallest absolute Gasteiger partial charge is 0.306 e. The first-order valence-corrected chi connectivity index (χ1v) is 10.7. The van der Waals surface area contributed by atoms with Gasteiger partial charge < -0.3 is 9.26 Å². The van der Waals surface area contributed by atoms with Crippen molar-refractivity contribution in [3.8, 4) is 23.0 Å². The van der Waals surface area contributed by atoms with Crippen molar-refractivity contribution in [1.29, 1.82) is 0 Å². The largest absolute Gasteiger partial charge is 0.460 e. The molecule has 3 rings (SSSR count). The van der Waals surface area contributed by atoms with E-state index in [0.717, 1.165) is 23.1 Å². The maximum atomic E-state index is 12.0. The summed E-state index contributed by atoms with van der Waals surface area (Å²) in [6.45, 7) is 12.0. The summed E-state index contributed by atoms with van der Waals surface area (Å²) < 4.78 is 10.8. The lowest BCUT2D eigenvalue weighted by atomic mass is 10.0. The van der Waals surface area contributed by atoms with Gasteiger partial charge in [0.25, 0.3) is 5.89 Å². The molecule has 1 aromatic carbocycles. The number of nitrogens with zero attached hydrogens (tertiary/aromatic N) is 3. The molecule has 2 heterocycles. The van der Waals surface area contributed by atoms with Crippen molar-refractivity contribution in [2.24, 2.45) is 5.92 Å². The molecule has 0 fully saturated rings. The summed E-state index contributed by atoms with van der Waals surface area (Å²) in [5.41, 5.74) is 4.38. The molecular formula is C25H31N3O3. The predicted molar refractivity (Wildman–Crippen MR) is 120 cm³/mol. The minimum Gasteiger partial charge on any atom is -0.460 e. The van der Waals surface area contributed by atoms with Crippen LogP contribution in [0.25, 0.3) is 23.0 Å². The number of ether oxygens (including phenoxy) is 1. The normalized spacial score (nSPS) is 11.7. The van der Waals surface area contributed by atoms with Gasteiger partial charge >= 0.3 is 5.97 Å². The van der Waals surface area contributed by atoms with Crippen LogP contribution in [0.3, 0.4) is 0 Å². The fourth-order valence-electron chi connectivity index (χ4n) is 3.35. The van der Waals surface area contributed by atoms with Crippen LogP contribution in [0.2, 0.25) is 0 Å². The summed E-state index contributed by atoms with van der Waals surface area (Å²) in [5.74, 6) is 1.32. The van der Waals surface area contributed by atoms with E-state index < -0.39 is 5.60 Å². The van der Waals surface area contributed by atoms with E-state index in [1.54, 1.807) is 0 Å². The first-order valence-electron chi connectivity index (χ1n) is 10.7. The lowest BCUT2D eigenvalue weighted by Crippen LogP contribution is -2.24. The minimum absolute atomic E-state index is 0.191. The first-order chi connectivity index (χ1) is 14.6. The Kier molecular flexibility index (Phi) is 6.88. The summed E-state index contributed by atoms with van der Waals surface area (Å²) in [6.07, 6.45) is 3.83. The monoisotopic (exact) mass is 421 g/mol. The van der Waals surface area contributed by atoms with Crippen molar-refractivity contribution in [3.05, 3.63) is 53.2 Å². The van der Waals surface area contributed by atoms with Gasteiger partial charge in [-0.3, -0.25) is 9.78 Å². The Balaban J connectivity index is 1.68. The molecule has 0 aliphatic rings. The van der Waals surface area contributed by atoms with Crippen LogP contribution in [0.1, 0.15) is 57.7 Å². The Morgan fingerprint density at radius 2 is 1.87 bits per heavy atom. The first kappa shape index (κ1) is 22.7. The maximum Gasteiger partial charge on any atom is 0.306 e. The topological polar surface area (TPSA) is 78.1 Å². The van der Waals surface area contributed by atoms with E-state index >= 15 is 0 Å². The third-order valence-electron chi connectivity index (χ3n) is 4.68. The molecule has 164 valence electrons. The van der Waals surface area contributed by atoms with Gasteiger partial charge in [0.15, 0.2) is 0 Å². The van der Waals surface area contributed by atoms with Crippen molar-refractivity contribution in [2.45, 2.75) is 66.4 Å². The van der Waals surface area contributed by atoms with Crippen LogP contribution in [0.4, 0.5) is 0 Å². The number of rotatable bonds is 7. The summed E-state index contributed by atoms with van der Waals surface area (Å²) in [6, 6.07) is 9.97. The van der Waals surface area contributed by atoms with Crippen molar-refractivity contribution in [1.82, 2.24) is 15.1 Å². The molecule has 3 aromatic rings. The van der Waals surface area contributed by atoms with Crippen molar-refractivity contribution in [3.63, 3.8) is 0 Å². The predicted octanol–water partition coefficient (Wildman–Crippen LogP) is 5.58. The number of carbonyl (C=O) groups excluding carboxylic acids is 1. The van der Waals surface area contributed by atoms with Gasteiger partial charge in [-0.2, -0.15) is 4.98 Å². The molecule has 0 aliphatic heterocycles. The molecule has 0 unspecified atom stereocenters. The lowest BCUT2D eigenvalue weighted by molar-refractivity contribution is -0.154. The molecule has 2 aromatic heterocycles. The number of hydrogen-bond acceptors (Lipinski definition) is 6. The molecule has 6 nitrogen and oxygen atoms in total. The van der Waals surface area contributed by atoms with Crippen LogP contribution >= 0.6 is 0 Å². The van der Waals surface area contributed by atoms with Crippen molar-refractivity contribution >= 4 is 5.97 Å². The highest BCUT2D eigenvalue weighted by Gasteiger charge is 2.17. The summed E-state index contributed by atoms with van der Waals surface area (Å²) >= 11 is 0. The summed E-state index contributed by atoms with van der Waals surface area (Å²) in [7, 11) is 0.